The maximum Gasteiger partial charge on any atom is 0.268 e. The molecule has 0 saturated heterocycles. The first-order chi connectivity index (χ1) is 9.72. The zero-order valence-electron chi connectivity index (χ0n) is 12.9. The van der Waals surface area contributed by atoms with Gasteiger partial charge in [-0.2, -0.15) is 0 Å². The van der Waals surface area contributed by atoms with Crippen LogP contribution in [0, 0.1) is 0 Å². The Morgan fingerprint density at radius 1 is 1.33 bits per heavy atom. The van der Waals surface area contributed by atoms with Gasteiger partial charge in [-0.1, -0.05) is 19.0 Å². The molecule has 0 bridgehead atoms. The van der Waals surface area contributed by atoms with Crippen LogP contribution < -0.4 is 11.1 Å². The predicted octanol–water partition coefficient (Wildman–Crippen LogP) is 2.71. The number of thiophene rings is 1. The van der Waals surface area contributed by atoms with E-state index in [1.54, 1.807) is 26.8 Å². The van der Waals surface area contributed by atoms with Gasteiger partial charge in [0.15, 0.2) is 0 Å². The highest BCUT2D eigenvalue weighted by molar-refractivity contribution is 7.16. The van der Waals surface area contributed by atoms with Crippen LogP contribution in [0.2, 0.25) is 0 Å². The van der Waals surface area contributed by atoms with Gasteiger partial charge in [-0.15, -0.1) is 11.3 Å². The summed E-state index contributed by atoms with van der Waals surface area (Å²) in [5.41, 5.74) is 6.37. The zero-order chi connectivity index (χ0) is 16.2. The van der Waals surface area contributed by atoms with Crippen molar-refractivity contribution < 1.29 is 14.4 Å². The second-order valence-corrected chi connectivity index (χ2v) is 6.27. The summed E-state index contributed by atoms with van der Waals surface area (Å²) in [6.07, 6.45) is -0.759. The fourth-order valence-electron chi connectivity index (χ4n) is 1.42. The van der Waals surface area contributed by atoms with Crippen LogP contribution >= 0.6 is 11.3 Å². The molecule has 0 saturated carbocycles. The van der Waals surface area contributed by atoms with Gasteiger partial charge in [0, 0.05) is 4.88 Å². The van der Waals surface area contributed by atoms with Crippen molar-refractivity contribution >= 4 is 33.9 Å². The minimum absolute atomic E-state index is 0.250. The summed E-state index contributed by atoms with van der Waals surface area (Å²) in [5.74, 6) is -0.691. The molecule has 0 aliphatic rings. The Labute approximate surface area is 128 Å². The zero-order valence-corrected chi connectivity index (χ0v) is 13.7. The number of hydrogen-bond acceptors (Lipinski definition) is 5. The molecule has 0 radical (unpaired) electrons. The molecule has 1 heterocycles. The Morgan fingerprint density at radius 3 is 2.43 bits per heavy atom. The third-order valence-electron chi connectivity index (χ3n) is 2.58. The van der Waals surface area contributed by atoms with E-state index >= 15 is 0 Å². The van der Waals surface area contributed by atoms with Crippen molar-refractivity contribution in [3.8, 4) is 0 Å². The smallest absolute Gasteiger partial charge is 0.268 e. The SMILES string of the molecule is CC(C)=NOC(C)C(=O)Nc1sc(C(C)C)cc1C(N)=O. The minimum Gasteiger partial charge on any atom is -0.383 e. The van der Waals surface area contributed by atoms with Gasteiger partial charge in [0.05, 0.1) is 11.3 Å². The van der Waals surface area contributed by atoms with E-state index in [0.717, 1.165) is 4.88 Å². The van der Waals surface area contributed by atoms with Crippen LogP contribution in [0.4, 0.5) is 5.00 Å². The summed E-state index contributed by atoms with van der Waals surface area (Å²) in [5, 5.41) is 6.87. The standard InChI is InChI=1S/C14H21N3O3S/c1-7(2)11-6-10(12(15)18)14(21-11)16-13(19)9(5)20-17-8(3)4/h6-7,9H,1-5H3,(H2,15,18)(H,16,19). The van der Waals surface area contributed by atoms with Crippen LogP contribution in [0.3, 0.4) is 0 Å². The number of oxime groups is 1. The molecular weight excluding hydrogens is 290 g/mol. The number of nitrogens with one attached hydrogen (secondary N) is 1. The van der Waals surface area contributed by atoms with Crippen molar-refractivity contribution in [2.75, 3.05) is 5.32 Å². The van der Waals surface area contributed by atoms with E-state index in [1.165, 1.54) is 11.3 Å². The van der Waals surface area contributed by atoms with Gasteiger partial charge >= 0.3 is 0 Å². The van der Waals surface area contributed by atoms with Crippen molar-refractivity contribution in [2.24, 2.45) is 10.9 Å². The van der Waals surface area contributed by atoms with Crippen LogP contribution in [-0.4, -0.2) is 23.6 Å². The molecule has 0 aromatic carbocycles. The molecule has 116 valence electrons. The number of nitrogens with zero attached hydrogens (tertiary/aromatic N) is 1. The lowest BCUT2D eigenvalue weighted by molar-refractivity contribution is -0.126. The predicted molar refractivity (Wildman–Crippen MR) is 84.9 cm³/mol. The Balaban J connectivity index is 2.88. The van der Waals surface area contributed by atoms with E-state index in [2.05, 4.69) is 10.5 Å². The van der Waals surface area contributed by atoms with Gasteiger partial charge in [0.25, 0.3) is 11.8 Å². The van der Waals surface area contributed by atoms with E-state index in [1.807, 2.05) is 13.8 Å². The Morgan fingerprint density at radius 2 is 1.95 bits per heavy atom. The van der Waals surface area contributed by atoms with Gasteiger partial charge in [-0.05, 0) is 32.8 Å². The second kappa shape index (κ2) is 7.21. The van der Waals surface area contributed by atoms with Crippen molar-refractivity contribution in [3.05, 3.63) is 16.5 Å². The van der Waals surface area contributed by atoms with Gasteiger partial charge in [0.2, 0.25) is 6.10 Å². The Bertz CT molecular complexity index is 560. The van der Waals surface area contributed by atoms with Gasteiger partial charge in [-0.3, -0.25) is 9.59 Å². The fraction of sp³-hybridized carbons (Fsp3) is 0.500. The van der Waals surface area contributed by atoms with E-state index in [-0.39, 0.29) is 11.8 Å². The van der Waals surface area contributed by atoms with E-state index in [4.69, 9.17) is 10.6 Å². The molecule has 1 atom stereocenters. The number of amides is 2. The van der Waals surface area contributed by atoms with Gasteiger partial charge in [0.1, 0.15) is 5.00 Å². The first-order valence-electron chi connectivity index (χ1n) is 6.63. The molecule has 0 spiro atoms. The Kier molecular flexibility index (Phi) is 5.90. The molecule has 3 N–H and O–H groups in total. The quantitative estimate of drug-likeness (QED) is 0.624. The topological polar surface area (TPSA) is 93.8 Å². The fourth-order valence-corrected chi connectivity index (χ4v) is 2.49. The van der Waals surface area contributed by atoms with Crippen molar-refractivity contribution in [1.29, 1.82) is 0 Å². The maximum absolute atomic E-state index is 12.0. The number of primary amides is 1. The average molecular weight is 311 g/mol. The largest absolute Gasteiger partial charge is 0.383 e. The molecule has 21 heavy (non-hydrogen) atoms. The molecule has 0 aliphatic carbocycles. The highest BCUT2D eigenvalue weighted by Crippen LogP contribution is 2.32. The molecule has 1 rings (SSSR count). The average Bonchev–Trinajstić information content (AvgIpc) is 2.79. The summed E-state index contributed by atoms with van der Waals surface area (Å²) < 4.78 is 0. The lowest BCUT2D eigenvalue weighted by atomic mass is 10.1. The highest BCUT2D eigenvalue weighted by Gasteiger charge is 2.21. The summed E-state index contributed by atoms with van der Waals surface area (Å²) in [6.45, 7) is 9.13. The van der Waals surface area contributed by atoms with Crippen molar-refractivity contribution in [2.45, 2.75) is 46.6 Å². The van der Waals surface area contributed by atoms with Crippen LogP contribution in [0.15, 0.2) is 11.2 Å². The Hall–Kier alpha value is -1.89. The van der Waals surface area contributed by atoms with Gasteiger partial charge in [-0.25, -0.2) is 0 Å². The van der Waals surface area contributed by atoms with Crippen LogP contribution in [0.5, 0.6) is 0 Å². The number of hydrogen-bond donors (Lipinski definition) is 2. The normalized spacial score (nSPS) is 11.9. The summed E-state index contributed by atoms with van der Waals surface area (Å²) in [7, 11) is 0. The molecule has 1 aromatic heterocycles. The lowest BCUT2D eigenvalue weighted by Crippen LogP contribution is -2.27. The van der Waals surface area contributed by atoms with Crippen LogP contribution in [0.25, 0.3) is 0 Å². The molecule has 7 heteroatoms. The number of carbonyl (C=O) groups is 2. The first kappa shape index (κ1) is 17.2. The van der Waals surface area contributed by atoms with Gasteiger partial charge < -0.3 is 15.9 Å². The summed E-state index contributed by atoms with van der Waals surface area (Å²) in [6, 6.07) is 1.72. The lowest BCUT2D eigenvalue weighted by Gasteiger charge is -2.10. The molecule has 2 amide bonds. The molecule has 1 aromatic rings. The molecule has 6 nitrogen and oxygen atoms in total. The molecular formula is C14H21N3O3S. The molecule has 0 fully saturated rings. The second-order valence-electron chi connectivity index (χ2n) is 5.19. The van der Waals surface area contributed by atoms with E-state index in [0.29, 0.717) is 16.3 Å². The van der Waals surface area contributed by atoms with Crippen molar-refractivity contribution in [1.82, 2.24) is 0 Å². The van der Waals surface area contributed by atoms with Crippen molar-refractivity contribution in [3.63, 3.8) is 0 Å². The monoisotopic (exact) mass is 311 g/mol. The number of anilines is 1. The summed E-state index contributed by atoms with van der Waals surface area (Å²) in [4.78, 5) is 29.5. The highest BCUT2D eigenvalue weighted by atomic mass is 32.1. The summed E-state index contributed by atoms with van der Waals surface area (Å²) >= 11 is 1.34. The number of carbonyl (C=O) groups excluding carboxylic acids is 2. The number of rotatable bonds is 6. The minimum atomic E-state index is -0.759. The third-order valence-corrected chi connectivity index (χ3v) is 3.94. The number of nitrogens with two attached hydrogens (primary N) is 1. The van der Waals surface area contributed by atoms with E-state index in [9.17, 15) is 9.59 Å². The van der Waals surface area contributed by atoms with Crippen LogP contribution in [-0.2, 0) is 9.63 Å². The molecule has 1 unspecified atom stereocenters. The molecule has 0 aliphatic heterocycles. The third kappa shape index (κ3) is 4.86. The van der Waals surface area contributed by atoms with E-state index < -0.39 is 12.0 Å². The van der Waals surface area contributed by atoms with Crippen LogP contribution in [0.1, 0.15) is 55.8 Å². The first-order valence-corrected chi connectivity index (χ1v) is 7.45. The maximum atomic E-state index is 12.0.